The number of ether oxygens (including phenoxy) is 3. The van der Waals surface area contributed by atoms with Gasteiger partial charge in [0.2, 0.25) is 23.0 Å². The predicted molar refractivity (Wildman–Crippen MR) is 187 cm³/mol. The molecule has 11 nitrogen and oxygen atoms in total. The van der Waals surface area contributed by atoms with E-state index in [1.165, 1.54) is 31.4 Å². The van der Waals surface area contributed by atoms with E-state index in [0.717, 1.165) is 11.1 Å². The number of carbonyl (C=O) groups excluding carboxylic acids is 2. The van der Waals surface area contributed by atoms with E-state index in [0.29, 0.717) is 69.9 Å². The molecule has 47 heavy (non-hydrogen) atoms. The van der Waals surface area contributed by atoms with Crippen LogP contribution in [0.1, 0.15) is 36.9 Å². The van der Waals surface area contributed by atoms with Crippen molar-refractivity contribution in [1.29, 1.82) is 0 Å². The second-order valence-electron chi connectivity index (χ2n) is 10.8. The number of aromatic nitrogens is 2. The van der Waals surface area contributed by atoms with Crippen LogP contribution < -0.4 is 35.6 Å². The molecule has 246 valence electrons. The number of hydrogen-bond acceptors (Lipinski definition) is 11. The van der Waals surface area contributed by atoms with E-state index >= 15 is 0 Å². The van der Waals surface area contributed by atoms with Crippen molar-refractivity contribution in [2.24, 2.45) is 0 Å². The van der Waals surface area contributed by atoms with E-state index in [1.54, 1.807) is 38.2 Å². The number of pyridine rings is 1. The van der Waals surface area contributed by atoms with Crippen LogP contribution in [0.3, 0.4) is 0 Å². The number of thiazole rings is 1. The van der Waals surface area contributed by atoms with E-state index in [9.17, 15) is 14.4 Å². The van der Waals surface area contributed by atoms with Crippen molar-refractivity contribution in [3.63, 3.8) is 0 Å². The van der Waals surface area contributed by atoms with Crippen molar-refractivity contribution in [2.75, 3.05) is 44.0 Å². The molecule has 2 amide bonds. The summed E-state index contributed by atoms with van der Waals surface area (Å²) in [6, 6.07) is 11.3. The number of carbonyl (C=O) groups is 2. The lowest BCUT2D eigenvalue weighted by atomic mass is 9.95. The Morgan fingerprint density at radius 3 is 2.55 bits per heavy atom. The van der Waals surface area contributed by atoms with E-state index in [1.807, 2.05) is 42.0 Å². The van der Waals surface area contributed by atoms with Crippen molar-refractivity contribution in [1.82, 2.24) is 15.3 Å². The first-order valence-electron chi connectivity index (χ1n) is 15.0. The first kappa shape index (κ1) is 33.7. The molecular weight excluding hydrogens is 639 g/mol. The third-order valence-electron chi connectivity index (χ3n) is 7.83. The highest BCUT2D eigenvalue weighted by molar-refractivity contribution is 7.98. The third-order valence-corrected chi connectivity index (χ3v) is 9.24. The second-order valence-corrected chi connectivity index (χ2v) is 12.7. The molecule has 2 heterocycles. The van der Waals surface area contributed by atoms with Gasteiger partial charge < -0.3 is 30.2 Å². The van der Waals surface area contributed by atoms with Crippen LogP contribution >= 0.6 is 23.1 Å². The second kappa shape index (κ2) is 15.3. The van der Waals surface area contributed by atoms with Crippen LogP contribution in [-0.4, -0.2) is 61.2 Å². The number of amides is 2. The van der Waals surface area contributed by atoms with Gasteiger partial charge in [0, 0.05) is 24.1 Å². The summed E-state index contributed by atoms with van der Waals surface area (Å²) in [5.74, 6) is 1.56. The molecule has 0 aliphatic heterocycles. The average molecular weight is 676 g/mol. The van der Waals surface area contributed by atoms with Gasteiger partial charge >= 0.3 is 0 Å². The Labute approximate surface area is 281 Å². The molecule has 5 rings (SSSR count). The monoisotopic (exact) mass is 675 g/mol. The lowest BCUT2D eigenvalue weighted by Gasteiger charge is -2.19. The summed E-state index contributed by atoms with van der Waals surface area (Å²) >= 11 is 2.91. The van der Waals surface area contributed by atoms with Gasteiger partial charge in [0.05, 0.1) is 38.8 Å². The Hall–Kier alpha value is -4.62. The topological polar surface area (TPSA) is 141 Å². The van der Waals surface area contributed by atoms with Crippen LogP contribution in [0.2, 0.25) is 0 Å². The molecule has 0 radical (unpaired) electrons. The maximum atomic E-state index is 13.9. The van der Waals surface area contributed by atoms with Gasteiger partial charge in [-0.1, -0.05) is 12.1 Å². The van der Waals surface area contributed by atoms with Crippen molar-refractivity contribution in [3.8, 4) is 39.8 Å². The molecule has 2 aromatic carbocycles. The van der Waals surface area contributed by atoms with E-state index in [-0.39, 0.29) is 22.9 Å². The SMILES string of the molecule is COc1cc2c(c(OC)c1OC)-c1ccc(NC(CCSC)C(=O)Nc3nc(-c4ccccn4)cs3)c(=O)cc1C(NC(C)=O)CC2. The first-order chi connectivity index (χ1) is 22.8. The van der Waals surface area contributed by atoms with Crippen molar-refractivity contribution in [3.05, 3.63) is 75.4 Å². The highest BCUT2D eigenvalue weighted by Gasteiger charge is 2.30. The maximum absolute atomic E-state index is 13.9. The zero-order valence-electron chi connectivity index (χ0n) is 26.8. The summed E-state index contributed by atoms with van der Waals surface area (Å²) in [5.41, 5.74) is 4.31. The third kappa shape index (κ3) is 7.52. The number of anilines is 2. The van der Waals surface area contributed by atoms with E-state index in [2.05, 4.69) is 25.9 Å². The number of nitrogens with zero attached hydrogens (tertiary/aromatic N) is 2. The highest BCUT2D eigenvalue weighted by atomic mass is 32.2. The number of fused-ring (bicyclic) bond motifs is 3. The Kier molecular flexibility index (Phi) is 11.0. The molecule has 0 fully saturated rings. The summed E-state index contributed by atoms with van der Waals surface area (Å²) in [5, 5.41) is 11.4. The fourth-order valence-corrected chi connectivity index (χ4v) is 6.85. The highest BCUT2D eigenvalue weighted by Crippen LogP contribution is 2.50. The molecule has 1 aliphatic rings. The lowest BCUT2D eigenvalue weighted by molar-refractivity contribution is -0.120. The average Bonchev–Trinajstić information content (AvgIpc) is 3.42. The van der Waals surface area contributed by atoms with Gasteiger partial charge in [-0.05, 0) is 78.3 Å². The van der Waals surface area contributed by atoms with Crippen LogP contribution in [0.25, 0.3) is 22.5 Å². The number of nitrogens with one attached hydrogen (secondary N) is 3. The number of thioether (sulfide) groups is 1. The van der Waals surface area contributed by atoms with Gasteiger partial charge in [-0.2, -0.15) is 11.8 Å². The maximum Gasteiger partial charge on any atom is 0.248 e. The summed E-state index contributed by atoms with van der Waals surface area (Å²) in [6.45, 7) is 1.45. The molecule has 3 N–H and O–H groups in total. The minimum atomic E-state index is -0.725. The van der Waals surface area contributed by atoms with E-state index < -0.39 is 12.1 Å². The van der Waals surface area contributed by atoms with Crippen LogP contribution in [0.15, 0.2) is 58.8 Å². The van der Waals surface area contributed by atoms with Crippen LogP contribution in [-0.2, 0) is 16.0 Å². The van der Waals surface area contributed by atoms with Gasteiger partial charge in [0.15, 0.2) is 16.6 Å². The van der Waals surface area contributed by atoms with Crippen LogP contribution in [0.4, 0.5) is 10.8 Å². The first-order valence-corrected chi connectivity index (χ1v) is 17.3. The summed E-state index contributed by atoms with van der Waals surface area (Å²) in [4.78, 5) is 48.6. The Morgan fingerprint density at radius 2 is 1.87 bits per heavy atom. The summed E-state index contributed by atoms with van der Waals surface area (Å²) in [6.07, 6.45) is 5.24. The van der Waals surface area contributed by atoms with Gasteiger partial charge in [-0.3, -0.25) is 19.4 Å². The molecule has 0 saturated carbocycles. The number of methoxy groups -OCH3 is 3. The number of benzene rings is 1. The van der Waals surface area contributed by atoms with Gasteiger partial charge in [-0.25, -0.2) is 4.98 Å². The van der Waals surface area contributed by atoms with Crippen molar-refractivity contribution in [2.45, 2.75) is 38.3 Å². The van der Waals surface area contributed by atoms with Crippen molar-refractivity contribution < 1.29 is 23.8 Å². The zero-order valence-corrected chi connectivity index (χ0v) is 28.5. The lowest BCUT2D eigenvalue weighted by Crippen LogP contribution is -2.36. The molecule has 0 bridgehead atoms. The molecule has 13 heteroatoms. The van der Waals surface area contributed by atoms with Gasteiger partial charge in [0.1, 0.15) is 11.7 Å². The normalized spacial score (nSPS) is 14.1. The Bertz CT molecular complexity index is 1820. The smallest absolute Gasteiger partial charge is 0.248 e. The quantitative estimate of drug-likeness (QED) is 0.175. The molecule has 1 aliphatic carbocycles. The Balaban J connectivity index is 1.54. The summed E-state index contributed by atoms with van der Waals surface area (Å²) in [7, 11) is 4.66. The van der Waals surface area contributed by atoms with Gasteiger partial charge in [-0.15, -0.1) is 11.3 Å². The molecular formula is C34H37N5O6S2. The predicted octanol–water partition coefficient (Wildman–Crippen LogP) is 5.55. The zero-order chi connectivity index (χ0) is 33.5. The molecule has 0 spiro atoms. The fraction of sp³-hybridized carbons (Fsp3) is 0.324. The minimum Gasteiger partial charge on any atom is -0.493 e. The summed E-state index contributed by atoms with van der Waals surface area (Å²) < 4.78 is 17.2. The Morgan fingerprint density at radius 1 is 1.06 bits per heavy atom. The number of hydrogen-bond donors (Lipinski definition) is 3. The largest absolute Gasteiger partial charge is 0.493 e. The molecule has 0 saturated heterocycles. The van der Waals surface area contributed by atoms with Crippen molar-refractivity contribution >= 4 is 45.7 Å². The molecule has 4 aromatic rings. The molecule has 2 unspecified atom stereocenters. The van der Waals surface area contributed by atoms with Crippen LogP contribution in [0.5, 0.6) is 17.2 Å². The number of aryl methyl sites for hydroxylation is 1. The fourth-order valence-electron chi connectivity index (χ4n) is 5.67. The van der Waals surface area contributed by atoms with E-state index in [4.69, 9.17) is 14.2 Å². The van der Waals surface area contributed by atoms with Gasteiger partial charge in [0.25, 0.3) is 0 Å². The molecule has 2 atom stereocenters. The minimum absolute atomic E-state index is 0.214. The molecule has 2 aromatic heterocycles. The number of rotatable bonds is 12. The standard InChI is InChI=1S/C34H37N5O6S2/c1-19(40)36-23-11-9-20-16-29(43-2)31(44-3)32(45-4)30(20)21-10-12-25(28(41)17-22(21)23)37-26(13-15-46-5)33(42)39-34-38-27(18-47-34)24-8-6-7-14-35-24/h6-8,10,12,14,16-18,23,26H,9,11,13,15H2,1-5H3,(H,36,40)(H,37,41)(H,38,39,42). The van der Waals surface area contributed by atoms with Crippen LogP contribution in [0, 0.1) is 0 Å².